The average molecular weight is 530 g/mol. The minimum atomic E-state index is 0.0489. The number of aliphatic hydroxyl groups is 1. The Labute approximate surface area is 228 Å². The molecule has 4 heterocycles. The number of nitrogens with zero attached hydrogens (tertiary/aromatic N) is 6. The van der Waals surface area contributed by atoms with Crippen LogP contribution < -0.4 is 4.74 Å². The maximum absolute atomic E-state index is 13.0. The molecule has 1 aliphatic heterocycles. The third-order valence-electron chi connectivity index (χ3n) is 6.99. The highest BCUT2D eigenvalue weighted by Crippen LogP contribution is 2.22. The van der Waals surface area contributed by atoms with Gasteiger partial charge < -0.3 is 29.5 Å². The molecule has 10 heteroatoms. The first-order valence-corrected chi connectivity index (χ1v) is 13.3. The molecule has 1 aliphatic rings. The summed E-state index contributed by atoms with van der Waals surface area (Å²) in [5, 5.41) is 10.0. The van der Waals surface area contributed by atoms with Gasteiger partial charge in [-0.3, -0.25) is 9.78 Å². The lowest BCUT2D eigenvalue weighted by Gasteiger charge is -2.32. The minimum absolute atomic E-state index is 0.0489. The fourth-order valence-corrected chi connectivity index (χ4v) is 4.64. The number of benzene rings is 1. The molecule has 39 heavy (non-hydrogen) atoms. The van der Waals surface area contributed by atoms with Crippen molar-refractivity contribution in [3.63, 3.8) is 0 Å². The van der Waals surface area contributed by atoms with Crippen LogP contribution in [-0.2, 0) is 6.42 Å². The highest BCUT2D eigenvalue weighted by atomic mass is 16.5. The quantitative estimate of drug-likeness (QED) is 0.322. The lowest BCUT2D eigenvalue weighted by Crippen LogP contribution is -2.47. The molecule has 0 spiro atoms. The summed E-state index contributed by atoms with van der Waals surface area (Å²) in [4.78, 5) is 36.2. The van der Waals surface area contributed by atoms with Crippen LogP contribution in [0.25, 0.3) is 22.3 Å². The predicted octanol–water partition coefficient (Wildman–Crippen LogP) is 2.30. The molecule has 1 fully saturated rings. The van der Waals surface area contributed by atoms with E-state index in [2.05, 4.69) is 33.0 Å². The SMILES string of the molecule is CN(CCO)CCOc1ccnc(-c2ccnc(Cc3ccc4[nH]c(C(=O)N5CCN(C)CC5)cc4c3)n2)c1. The van der Waals surface area contributed by atoms with E-state index in [0.29, 0.717) is 43.3 Å². The van der Waals surface area contributed by atoms with Gasteiger partial charge in [0, 0.05) is 75.1 Å². The van der Waals surface area contributed by atoms with Crippen molar-refractivity contribution >= 4 is 16.8 Å². The van der Waals surface area contributed by atoms with Gasteiger partial charge in [0.2, 0.25) is 0 Å². The largest absolute Gasteiger partial charge is 0.492 e. The Morgan fingerprint density at radius 2 is 1.85 bits per heavy atom. The normalized spacial score (nSPS) is 14.3. The van der Waals surface area contributed by atoms with Crippen LogP contribution in [0.1, 0.15) is 21.9 Å². The van der Waals surface area contributed by atoms with Gasteiger partial charge in [0.1, 0.15) is 23.9 Å². The number of piperazine rings is 1. The maximum atomic E-state index is 13.0. The number of hydrogen-bond donors (Lipinski definition) is 2. The van der Waals surface area contributed by atoms with Crippen LogP contribution in [0.4, 0.5) is 0 Å². The molecule has 1 saturated heterocycles. The number of amides is 1. The number of rotatable bonds is 10. The van der Waals surface area contributed by atoms with Crippen molar-refractivity contribution < 1.29 is 14.6 Å². The van der Waals surface area contributed by atoms with Crippen LogP contribution in [0.2, 0.25) is 0 Å². The van der Waals surface area contributed by atoms with E-state index in [1.54, 1.807) is 12.4 Å². The molecule has 4 aromatic rings. The van der Waals surface area contributed by atoms with Crippen LogP contribution in [0, 0.1) is 0 Å². The van der Waals surface area contributed by atoms with Crippen molar-refractivity contribution in [1.82, 2.24) is 34.6 Å². The van der Waals surface area contributed by atoms with Crippen LogP contribution in [-0.4, -0.2) is 112 Å². The summed E-state index contributed by atoms with van der Waals surface area (Å²) < 4.78 is 5.88. The summed E-state index contributed by atoms with van der Waals surface area (Å²) in [5.41, 5.74) is 4.07. The maximum Gasteiger partial charge on any atom is 0.270 e. The molecule has 204 valence electrons. The van der Waals surface area contributed by atoms with E-state index < -0.39 is 0 Å². The number of H-pyrrole nitrogens is 1. The Morgan fingerprint density at radius 3 is 2.67 bits per heavy atom. The molecule has 2 N–H and O–H groups in total. The van der Waals surface area contributed by atoms with E-state index in [1.807, 2.05) is 53.2 Å². The summed E-state index contributed by atoms with van der Waals surface area (Å²) in [6.45, 7) is 5.25. The summed E-state index contributed by atoms with van der Waals surface area (Å²) >= 11 is 0. The van der Waals surface area contributed by atoms with Crippen LogP contribution in [0.5, 0.6) is 5.75 Å². The zero-order valence-electron chi connectivity index (χ0n) is 22.5. The van der Waals surface area contributed by atoms with Crippen LogP contribution in [0.3, 0.4) is 0 Å². The highest BCUT2D eigenvalue weighted by Gasteiger charge is 2.21. The number of carbonyl (C=O) groups excluding carboxylic acids is 1. The van der Waals surface area contributed by atoms with Crippen LogP contribution in [0.15, 0.2) is 54.9 Å². The monoisotopic (exact) mass is 529 g/mol. The Hall–Kier alpha value is -3.86. The molecule has 1 aromatic carbocycles. The lowest BCUT2D eigenvalue weighted by atomic mass is 10.1. The number of aromatic amines is 1. The van der Waals surface area contributed by atoms with E-state index in [9.17, 15) is 4.79 Å². The number of hydrogen-bond acceptors (Lipinski definition) is 8. The van der Waals surface area contributed by atoms with Crippen molar-refractivity contribution in [2.24, 2.45) is 0 Å². The van der Waals surface area contributed by atoms with Gasteiger partial charge in [-0.15, -0.1) is 0 Å². The van der Waals surface area contributed by atoms with Gasteiger partial charge in [-0.05, 0) is 50.0 Å². The number of carbonyl (C=O) groups is 1. The van der Waals surface area contributed by atoms with Crippen molar-refractivity contribution in [2.45, 2.75) is 6.42 Å². The zero-order chi connectivity index (χ0) is 27.2. The zero-order valence-corrected chi connectivity index (χ0v) is 22.5. The van der Waals surface area contributed by atoms with E-state index in [1.165, 1.54) is 0 Å². The van der Waals surface area contributed by atoms with Gasteiger partial charge in [-0.25, -0.2) is 9.97 Å². The molecule has 5 rings (SSSR count). The van der Waals surface area contributed by atoms with Crippen molar-refractivity contribution in [3.05, 3.63) is 71.9 Å². The Bertz CT molecular complexity index is 1420. The Kier molecular flexibility index (Phi) is 8.45. The summed E-state index contributed by atoms with van der Waals surface area (Å²) in [5.74, 6) is 1.46. The number of aromatic nitrogens is 4. The van der Waals surface area contributed by atoms with E-state index in [4.69, 9.17) is 14.8 Å². The first-order valence-electron chi connectivity index (χ1n) is 13.3. The van der Waals surface area contributed by atoms with Gasteiger partial charge >= 0.3 is 0 Å². The highest BCUT2D eigenvalue weighted by molar-refractivity contribution is 5.98. The van der Waals surface area contributed by atoms with Gasteiger partial charge in [-0.2, -0.15) is 0 Å². The topological polar surface area (TPSA) is 111 Å². The number of pyridine rings is 1. The molecule has 0 aliphatic carbocycles. The van der Waals surface area contributed by atoms with Gasteiger partial charge in [0.05, 0.1) is 18.0 Å². The smallest absolute Gasteiger partial charge is 0.270 e. The van der Waals surface area contributed by atoms with Gasteiger partial charge in [-0.1, -0.05) is 6.07 Å². The molecule has 1 amide bonds. The van der Waals surface area contributed by atoms with Crippen molar-refractivity contribution in [3.8, 4) is 17.1 Å². The van der Waals surface area contributed by atoms with Crippen molar-refractivity contribution in [2.75, 3.05) is 66.6 Å². The number of aliphatic hydroxyl groups excluding tert-OH is 1. The molecule has 0 radical (unpaired) electrons. The predicted molar refractivity (Wildman–Crippen MR) is 150 cm³/mol. The Balaban J connectivity index is 1.26. The number of fused-ring (bicyclic) bond motifs is 1. The second kappa shape index (κ2) is 12.3. The second-order valence-electron chi connectivity index (χ2n) is 9.99. The van der Waals surface area contributed by atoms with E-state index in [-0.39, 0.29) is 12.5 Å². The first-order chi connectivity index (χ1) is 19.0. The minimum Gasteiger partial charge on any atom is -0.492 e. The molecule has 0 unspecified atom stereocenters. The van der Waals surface area contributed by atoms with E-state index in [0.717, 1.165) is 54.1 Å². The fourth-order valence-electron chi connectivity index (χ4n) is 4.64. The van der Waals surface area contributed by atoms with Crippen LogP contribution >= 0.6 is 0 Å². The van der Waals surface area contributed by atoms with Crippen molar-refractivity contribution in [1.29, 1.82) is 0 Å². The fraction of sp³-hybridized carbons (Fsp3) is 0.379. The first kappa shape index (κ1) is 26.7. The molecule has 0 atom stereocenters. The summed E-state index contributed by atoms with van der Waals surface area (Å²) in [6, 6.07) is 13.6. The number of likely N-dealkylation sites (N-methyl/N-ethyl adjacent to an activating group) is 2. The molecular weight excluding hydrogens is 494 g/mol. The standard InChI is InChI=1S/C29H35N7O3/c1-34-9-11-36(12-10-34)29(38)27-19-22-17-21(3-4-24(22)32-27)18-28-31-8-6-25(33-28)26-20-23(5-7-30-26)39-16-14-35(2)13-15-37/h3-8,17,19-20,32,37H,9-16,18H2,1-2H3. The number of nitrogens with one attached hydrogen (secondary N) is 1. The third-order valence-corrected chi connectivity index (χ3v) is 6.99. The third kappa shape index (κ3) is 6.78. The molecular formula is C29H35N7O3. The summed E-state index contributed by atoms with van der Waals surface area (Å²) in [6.07, 6.45) is 4.02. The van der Waals surface area contributed by atoms with Gasteiger partial charge in [0.15, 0.2) is 0 Å². The number of ether oxygens (including phenoxy) is 1. The summed E-state index contributed by atoms with van der Waals surface area (Å²) in [7, 11) is 4.03. The molecule has 3 aromatic heterocycles. The Morgan fingerprint density at radius 1 is 1.03 bits per heavy atom. The molecule has 10 nitrogen and oxygen atoms in total. The second-order valence-corrected chi connectivity index (χ2v) is 9.99. The molecule has 0 bridgehead atoms. The van der Waals surface area contributed by atoms with Gasteiger partial charge in [0.25, 0.3) is 5.91 Å². The molecule has 0 saturated carbocycles. The lowest BCUT2D eigenvalue weighted by molar-refractivity contribution is 0.0659. The average Bonchev–Trinajstić information content (AvgIpc) is 3.37. The van der Waals surface area contributed by atoms with E-state index >= 15 is 0 Å².